The molecule has 0 saturated carbocycles. The molecule has 1 aromatic rings. The van der Waals surface area contributed by atoms with Crippen molar-refractivity contribution in [1.29, 1.82) is 0 Å². The molecule has 4 nitrogen and oxygen atoms in total. The number of anilines is 1. The fourth-order valence-corrected chi connectivity index (χ4v) is 2.46. The predicted molar refractivity (Wildman–Crippen MR) is 92.9 cm³/mol. The Balaban J connectivity index is 0.00000242. The number of hydrogen-bond acceptors (Lipinski definition) is 3. The second-order valence-corrected chi connectivity index (χ2v) is 6.11. The molecule has 1 amide bonds. The van der Waals surface area contributed by atoms with E-state index in [1.54, 1.807) is 0 Å². The van der Waals surface area contributed by atoms with Crippen LogP contribution in [0.1, 0.15) is 39.5 Å². The van der Waals surface area contributed by atoms with Gasteiger partial charge >= 0.3 is 0 Å². The molecule has 1 saturated heterocycles. The summed E-state index contributed by atoms with van der Waals surface area (Å²) < 4.78 is 5.67. The van der Waals surface area contributed by atoms with Crippen LogP contribution in [0.3, 0.4) is 0 Å². The van der Waals surface area contributed by atoms with Crippen LogP contribution in [0.4, 0.5) is 5.69 Å². The van der Waals surface area contributed by atoms with E-state index in [0.717, 1.165) is 24.4 Å². The Morgan fingerprint density at radius 3 is 2.95 bits per heavy atom. The molecule has 5 heteroatoms. The average Bonchev–Trinajstić information content (AvgIpc) is 2.97. The van der Waals surface area contributed by atoms with Crippen LogP contribution in [-0.2, 0) is 4.79 Å². The zero-order valence-corrected chi connectivity index (χ0v) is 14.2. The zero-order valence-electron chi connectivity index (χ0n) is 13.4. The number of rotatable bonds is 7. The molecular formula is C17H27ClN2O2. The summed E-state index contributed by atoms with van der Waals surface area (Å²) in [6.45, 7) is 6.00. The Hall–Kier alpha value is -1.26. The standard InChI is InChI=1S/C17H26N2O2.ClH/c1-13(2)12-21-16-7-3-5-15(11-16)19-17(20)9-8-14-6-4-10-18-14;/h3,5,7,11,13-14,18H,4,6,8-10,12H2,1-2H3,(H,19,20);1H. The molecule has 0 bridgehead atoms. The van der Waals surface area contributed by atoms with Crippen molar-refractivity contribution in [1.82, 2.24) is 5.32 Å². The molecule has 1 aromatic carbocycles. The maximum Gasteiger partial charge on any atom is 0.224 e. The Kier molecular flexibility index (Phi) is 8.28. The van der Waals surface area contributed by atoms with Gasteiger partial charge in [-0.25, -0.2) is 0 Å². The lowest BCUT2D eigenvalue weighted by atomic mass is 10.1. The van der Waals surface area contributed by atoms with Crippen molar-refractivity contribution in [3.8, 4) is 5.75 Å². The van der Waals surface area contributed by atoms with Crippen LogP contribution in [0.25, 0.3) is 0 Å². The zero-order chi connectivity index (χ0) is 15.1. The van der Waals surface area contributed by atoms with Crippen LogP contribution < -0.4 is 15.4 Å². The highest BCUT2D eigenvalue weighted by Crippen LogP contribution is 2.19. The van der Waals surface area contributed by atoms with Gasteiger partial charge in [-0.05, 0) is 43.9 Å². The molecule has 2 N–H and O–H groups in total. The van der Waals surface area contributed by atoms with Crippen molar-refractivity contribution in [3.05, 3.63) is 24.3 Å². The summed E-state index contributed by atoms with van der Waals surface area (Å²) >= 11 is 0. The summed E-state index contributed by atoms with van der Waals surface area (Å²) in [5, 5.41) is 6.36. The Morgan fingerprint density at radius 1 is 1.45 bits per heavy atom. The van der Waals surface area contributed by atoms with Gasteiger partial charge in [0.05, 0.1) is 6.61 Å². The van der Waals surface area contributed by atoms with Crippen LogP contribution >= 0.6 is 12.4 Å². The van der Waals surface area contributed by atoms with E-state index >= 15 is 0 Å². The number of hydrogen-bond donors (Lipinski definition) is 2. The van der Waals surface area contributed by atoms with E-state index in [1.165, 1.54) is 12.8 Å². The molecule has 1 unspecified atom stereocenters. The summed E-state index contributed by atoms with van der Waals surface area (Å²) in [4.78, 5) is 12.0. The number of amides is 1. The molecule has 0 aliphatic carbocycles. The van der Waals surface area contributed by atoms with E-state index < -0.39 is 0 Å². The van der Waals surface area contributed by atoms with Gasteiger partial charge in [-0.2, -0.15) is 0 Å². The van der Waals surface area contributed by atoms with Crippen molar-refractivity contribution in [3.63, 3.8) is 0 Å². The van der Waals surface area contributed by atoms with E-state index in [0.29, 0.717) is 25.0 Å². The van der Waals surface area contributed by atoms with Gasteiger partial charge in [-0.15, -0.1) is 12.4 Å². The topological polar surface area (TPSA) is 50.4 Å². The first-order valence-corrected chi connectivity index (χ1v) is 7.89. The van der Waals surface area contributed by atoms with E-state index in [-0.39, 0.29) is 18.3 Å². The van der Waals surface area contributed by atoms with E-state index in [4.69, 9.17) is 4.74 Å². The van der Waals surface area contributed by atoms with Crippen LogP contribution in [0.15, 0.2) is 24.3 Å². The highest BCUT2D eigenvalue weighted by Gasteiger charge is 2.15. The molecule has 0 spiro atoms. The largest absolute Gasteiger partial charge is 0.493 e. The number of benzene rings is 1. The third-order valence-electron chi connectivity index (χ3n) is 3.58. The Morgan fingerprint density at radius 2 is 2.27 bits per heavy atom. The third-order valence-corrected chi connectivity index (χ3v) is 3.58. The second-order valence-electron chi connectivity index (χ2n) is 6.11. The minimum atomic E-state index is 0. The van der Waals surface area contributed by atoms with Crippen molar-refractivity contribution >= 4 is 24.0 Å². The minimum absolute atomic E-state index is 0. The lowest BCUT2D eigenvalue weighted by molar-refractivity contribution is -0.116. The summed E-state index contributed by atoms with van der Waals surface area (Å²) in [5.74, 6) is 1.37. The van der Waals surface area contributed by atoms with Gasteiger partial charge in [-0.3, -0.25) is 4.79 Å². The Labute approximate surface area is 139 Å². The molecule has 0 radical (unpaired) electrons. The van der Waals surface area contributed by atoms with Crippen LogP contribution in [0, 0.1) is 5.92 Å². The summed E-state index contributed by atoms with van der Waals surface area (Å²) in [6.07, 6.45) is 3.89. The van der Waals surface area contributed by atoms with Gasteiger partial charge in [0, 0.05) is 24.2 Å². The van der Waals surface area contributed by atoms with Gasteiger partial charge in [0.1, 0.15) is 5.75 Å². The fraction of sp³-hybridized carbons (Fsp3) is 0.588. The SMILES string of the molecule is CC(C)COc1cccc(NC(=O)CCC2CCCN2)c1.Cl. The molecule has 1 heterocycles. The van der Waals surface area contributed by atoms with Crippen molar-refractivity contribution < 1.29 is 9.53 Å². The first-order valence-electron chi connectivity index (χ1n) is 7.89. The minimum Gasteiger partial charge on any atom is -0.493 e. The smallest absolute Gasteiger partial charge is 0.224 e. The van der Waals surface area contributed by atoms with E-state index in [9.17, 15) is 4.79 Å². The summed E-state index contributed by atoms with van der Waals surface area (Å²) in [7, 11) is 0. The van der Waals surface area contributed by atoms with Crippen molar-refractivity contribution in [2.45, 2.75) is 45.6 Å². The van der Waals surface area contributed by atoms with Gasteiger partial charge in [-0.1, -0.05) is 19.9 Å². The number of carbonyl (C=O) groups excluding carboxylic acids is 1. The molecule has 1 aliphatic rings. The van der Waals surface area contributed by atoms with Gasteiger partial charge in [0.25, 0.3) is 0 Å². The normalized spacial score (nSPS) is 17.1. The molecular weight excluding hydrogens is 300 g/mol. The van der Waals surface area contributed by atoms with Gasteiger partial charge in [0.15, 0.2) is 0 Å². The average molecular weight is 327 g/mol. The molecule has 1 aliphatic heterocycles. The molecule has 0 aromatic heterocycles. The first-order chi connectivity index (χ1) is 10.1. The number of carbonyl (C=O) groups is 1. The molecule has 2 rings (SSSR count). The summed E-state index contributed by atoms with van der Waals surface area (Å²) in [5.41, 5.74) is 0.806. The highest BCUT2D eigenvalue weighted by atomic mass is 35.5. The van der Waals surface area contributed by atoms with Crippen molar-refractivity contribution in [2.75, 3.05) is 18.5 Å². The first kappa shape index (κ1) is 18.8. The number of ether oxygens (including phenoxy) is 1. The molecule has 124 valence electrons. The lowest BCUT2D eigenvalue weighted by Crippen LogP contribution is -2.23. The van der Waals surface area contributed by atoms with E-state index in [2.05, 4.69) is 24.5 Å². The molecule has 22 heavy (non-hydrogen) atoms. The van der Waals surface area contributed by atoms with E-state index in [1.807, 2.05) is 24.3 Å². The summed E-state index contributed by atoms with van der Waals surface area (Å²) in [6, 6.07) is 8.11. The fourth-order valence-electron chi connectivity index (χ4n) is 2.46. The maximum absolute atomic E-state index is 12.0. The van der Waals surface area contributed by atoms with Crippen LogP contribution in [-0.4, -0.2) is 25.1 Å². The number of halogens is 1. The van der Waals surface area contributed by atoms with Crippen LogP contribution in [0.2, 0.25) is 0 Å². The Bertz CT molecular complexity index is 460. The second kappa shape index (κ2) is 9.70. The molecule has 1 atom stereocenters. The van der Waals surface area contributed by atoms with Gasteiger partial charge < -0.3 is 15.4 Å². The third kappa shape index (κ3) is 6.67. The highest BCUT2D eigenvalue weighted by molar-refractivity contribution is 5.90. The monoisotopic (exact) mass is 326 g/mol. The predicted octanol–water partition coefficient (Wildman–Crippen LogP) is 3.61. The van der Waals surface area contributed by atoms with Crippen LogP contribution in [0.5, 0.6) is 5.75 Å². The lowest BCUT2D eigenvalue weighted by Gasteiger charge is -2.12. The molecule has 1 fully saturated rings. The van der Waals surface area contributed by atoms with Gasteiger partial charge in [0.2, 0.25) is 5.91 Å². The van der Waals surface area contributed by atoms with Crippen molar-refractivity contribution in [2.24, 2.45) is 5.92 Å². The quantitative estimate of drug-likeness (QED) is 0.804. The maximum atomic E-state index is 12.0. The number of nitrogens with one attached hydrogen (secondary N) is 2.